The molecular formula is C23H36Cl2N4O2. The van der Waals surface area contributed by atoms with Crippen LogP contribution < -0.4 is 5.73 Å². The Labute approximate surface area is 198 Å². The molecule has 2 heterocycles. The van der Waals surface area contributed by atoms with Gasteiger partial charge in [0.15, 0.2) is 0 Å². The van der Waals surface area contributed by atoms with Gasteiger partial charge >= 0.3 is 0 Å². The second-order valence-corrected chi connectivity index (χ2v) is 9.58. The molecular weight excluding hydrogens is 435 g/mol. The van der Waals surface area contributed by atoms with Gasteiger partial charge in [0.2, 0.25) is 11.8 Å². The van der Waals surface area contributed by atoms with Gasteiger partial charge < -0.3 is 20.4 Å². The lowest BCUT2D eigenvalue weighted by Crippen LogP contribution is -2.53. The van der Waals surface area contributed by atoms with Crippen molar-refractivity contribution in [2.75, 3.05) is 40.3 Å². The molecule has 2 N–H and O–H groups in total. The number of benzene rings is 1. The summed E-state index contributed by atoms with van der Waals surface area (Å²) in [5.41, 5.74) is 8.22. The maximum Gasteiger partial charge on any atom is 0.242 e. The zero-order chi connectivity index (χ0) is 20.8. The number of carbonyl (C=O) groups is 2. The first-order valence-corrected chi connectivity index (χ1v) is 10.9. The van der Waals surface area contributed by atoms with Crippen LogP contribution in [0.3, 0.4) is 0 Å². The second-order valence-electron chi connectivity index (χ2n) is 9.58. The summed E-state index contributed by atoms with van der Waals surface area (Å²) in [6, 6.07) is 8.38. The molecule has 0 unspecified atom stereocenters. The van der Waals surface area contributed by atoms with Crippen molar-refractivity contribution in [3.8, 4) is 0 Å². The van der Waals surface area contributed by atoms with Gasteiger partial charge in [0.25, 0.3) is 0 Å². The van der Waals surface area contributed by atoms with Crippen molar-refractivity contribution in [3.05, 3.63) is 35.4 Å². The number of amides is 2. The molecule has 31 heavy (non-hydrogen) atoms. The molecule has 174 valence electrons. The standard InChI is InChI=1S/C23H34N4O2.2ClH/c1-16-8-4-5-9-18(16)21-19-14-26(22(29)23(24)10-6-7-11-23)12-17(19)13-27(21)20(28)15-25(2)3;;/h4-5,8-9,17,19,21H,6-7,10-15,24H2,1-3H3;2*1H/t17-,19-,21+;;/m1../s1. The predicted molar refractivity (Wildman–Crippen MR) is 128 cm³/mol. The Balaban J connectivity index is 0.00000171. The number of nitrogens with zero attached hydrogens (tertiary/aromatic N) is 3. The van der Waals surface area contributed by atoms with E-state index in [0.717, 1.165) is 38.8 Å². The fourth-order valence-corrected chi connectivity index (χ4v) is 5.68. The third-order valence-corrected chi connectivity index (χ3v) is 7.15. The number of nitrogens with two attached hydrogens (primary N) is 1. The zero-order valence-corrected chi connectivity index (χ0v) is 20.4. The number of aryl methyl sites for hydroxylation is 1. The largest absolute Gasteiger partial charge is 0.340 e. The number of hydrogen-bond acceptors (Lipinski definition) is 4. The molecule has 0 spiro atoms. The molecule has 8 heteroatoms. The van der Waals surface area contributed by atoms with Crippen molar-refractivity contribution >= 4 is 36.6 Å². The molecule has 1 aromatic carbocycles. The number of halogens is 2. The van der Waals surface area contributed by atoms with Crippen molar-refractivity contribution in [2.24, 2.45) is 17.6 Å². The highest BCUT2D eigenvalue weighted by Gasteiger charge is 2.52. The minimum atomic E-state index is -0.669. The molecule has 3 fully saturated rings. The summed E-state index contributed by atoms with van der Waals surface area (Å²) in [7, 11) is 3.86. The summed E-state index contributed by atoms with van der Waals surface area (Å²) in [5.74, 6) is 0.886. The quantitative estimate of drug-likeness (QED) is 0.733. The van der Waals surface area contributed by atoms with E-state index in [1.807, 2.05) is 30.0 Å². The van der Waals surface area contributed by atoms with Crippen molar-refractivity contribution < 1.29 is 9.59 Å². The van der Waals surface area contributed by atoms with Gasteiger partial charge in [-0.25, -0.2) is 0 Å². The average Bonchev–Trinajstić information content (AvgIpc) is 3.36. The number of carbonyl (C=O) groups excluding carboxylic acids is 2. The fraction of sp³-hybridized carbons (Fsp3) is 0.652. The SMILES string of the molecule is Cc1ccccc1[C@H]1[C@@H]2CN(C(=O)C3(N)CCCC3)C[C@@H]2CN1C(=O)CN(C)C.Cl.Cl. The molecule has 3 atom stereocenters. The van der Waals surface area contributed by atoms with Crippen molar-refractivity contribution in [3.63, 3.8) is 0 Å². The first kappa shape index (κ1) is 25.9. The molecule has 1 saturated carbocycles. The van der Waals surface area contributed by atoms with Gasteiger partial charge in [-0.2, -0.15) is 0 Å². The van der Waals surface area contributed by atoms with Gasteiger partial charge in [0.1, 0.15) is 0 Å². The number of likely N-dealkylation sites (tertiary alicyclic amines) is 2. The van der Waals surface area contributed by atoms with Crippen LogP contribution in [0.2, 0.25) is 0 Å². The predicted octanol–water partition coefficient (Wildman–Crippen LogP) is 2.63. The Hall–Kier alpha value is -1.34. The molecule has 0 radical (unpaired) electrons. The second kappa shape index (κ2) is 10.1. The van der Waals surface area contributed by atoms with Gasteiger partial charge in [0, 0.05) is 31.5 Å². The van der Waals surface area contributed by atoms with Gasteiger partial charge in [-0.05, 0) is 45.0 Å². The molecule has 1 aromatic rings. The Kier molecular flexibility index (Phi) is 8.42. The van der Waals surface area contributed by atoms with E-state index >= 15 is 0 Å². The van der Waals surface area contributed by atoms with Crippen LogP contribution in [0, 0.1) is 18.8 Å². The normalized spacial score (nSPS) is 26.4. The van der Waals surface area contributed by atoms with Gasteiger partial charge in [-0.15, -0.1) is 24.8 Å². The van der Waals surface area contributed by atoms with E-state index in [9.17, 15) is 9.59 Å². The highest BCUT2D eigenvalue weighted by atomic mass is 35.5. The minimum Gasteiger partial charge on any atom is -0.340 e. The Morgan fingerprint density at radius 3 is 2.35 bits per heavy atom. The molecule has 2 saturated heterocycles. The summed E-state index contributed by atoms with van der Waals surface area (Å²) < 4.78 is 0. The number of rotatable bonds is 4. The van der Waals surface area contributed by atoms with Gasteiger partial charge in [0.05, 0.1) is 18.1 Å². The molecule has 6 nitrogen and oxygen atoms in total. The lowest BCUT2D eigenvalue weighted by atomic mass is 9.87. The Bertz CT molecular complexity index is 798. The summed E-state index contributed by atoms with van der Waals surface area (Å²) in [5, 5.41) is 0. The summed E-state index contributed by atoms with van der Waals surface area (Å²) >= 11 is 0. The van der Waals surface area contributed by atoms with Crippen LogP contribution in [0.25, 0.3) is 0 Å². The molecule has 1 aliphatic carbocycles. The minimum absolute atomic E-state index is 0. The smallest absolute Gasteiger partial charge is 0.242 e. The fourth-order valence-electron chi connectivity index (χ4n) is 5.68. The van der Waals surface area contributed by atoms with E-state index in [0.29, 0.717) is 19.0 Å². The lowest BCUT2D eigenvalue weighted by Gasteiger charge is -2.33. The maximum absolute atomic E-state index is 13.2. The highest BCUT2D eigenvalue weighted by Crippen LogP contribution is 2.46. The van der Waals surface area contributed by atoms with Crippen molar-refractivity contribution in [2.45, 2.75) is 44.2 Å². The molecule has 0 bridgehead atoms. The topological polar surface area (TPSA) is 69.9 Å². The van der Waals surface area contributed by atoms with Crippen molar-refractivity contribution in [1.29, 1.82) is 0 Å². The molecule has 4 rings (SSSR count). The van der Waals surface area contributed by atoms with Crippen LogP contribution in [-0.4, -0.2) is 72.3 Å². The molecule has 3 aliphatic rings. The molecule has 2 amide bonds. The lowest BCUT2D eigenvalue weighted by molar-refractivity contribution is -0.136. The van der Waals surface area contributed by atoms with Gasteiger partial charge in [-0.1, -0.05) is 37.1 Å². The molecule has 2 aliphatic heterocycles. The zero-order valence-electron chi connectivity index (χ0n) is 18.8. The van der Waals surface area contributed by atoms with E-state index in [-0.39, 0.29) is 48.6 Å². The highest BCUT2D eigenvalue weighted by molar-refractivity contribution is 5.87. The maximum atomic E-state index is 13.2. The van der Waals surface area contributed by atoms with Crippen LogP contribution in [0.15, 0.2) is 24.3 Å². The number of hydrogen-bond donors (Lipinski definition) is 1. The average molecular weight is 471 g/mol. The first-order chi connectivity index (χ1) is 13.8. The monoisotopic (exact) mass is 470 g/mol. The van der Waals surface area contributed by atoms with E-state index in [1.54, 1.807) is 0 Å². The van der Waals surface area contributed by atoms with Crippen molar-refractivity contribution in [1.82, 2.24) is 14.7 Å². The van der Waals surface area contributed by atoms with Crippen LogP contribution in [-0.2, 0) is 9.59 Å². The van der Waals surface area contributed by atoms with E-state index in [4.69, 9.17) is 5.73 Å². The Morgan fingerprint density at radius 2 is 1.74 bits per heavy atom. The van der Waals surface area contributed by atoms with Crippen LogP contribution in [0.5, 0.6) is 0 Å². The van der Waals surface area contributed by atoms with E-state index in [1.165, 1.54) is 11.1 Å². The summed E-state index contributed by atoms with van der Waals surface area (Å²) in [4.78, 5) is 32.2. The third-order valence-electron chi connectivity index (χ3n) is 7.15. The summed E-state index contributed by atoms with van der Waals surface area (Å²) in [6.45, 7) is 4.67. The van der Waals surface area contributed by atoms with E-state index in [2.05, 4.69) is 30.0 Å². The van der Waals surface area contributed by atoms with Gasteiger partial charge in [-0.3, -0.25) is 9.59 Å². The summed E-state index contributed by atoms with van der Waals surface area (Å²) in [6.07, 6.45) is 3.68. The first-order valence-electron chi connectivity index (χ1n) is 10.9. The number of fused-ring (bicyclic) bond motifs is 1. The van der Waals surface area contributed by atoms with Crippen LogP contribution in [0.1, 0.15) is 42.9 Å². The van der Waals surface area contributed by atoms with Crippen LogP contribution >= 0.6 is 24.8 Å². The number of likely N-dealkylation sites (N-methyl/N-ethyl adjacent to an activating group) is 1. The third kappa shape index (κ3) is 4.87. The van der Waals surface area contributed by atoms with E-state index < -0.39 is 5.54 Å². The Morgan fingerprint density at radius 1 is 1.10 bits per heavy atom. The molecule has 0 aromatic heterocycles. The van der Waals surface area contributed by atoms with Crippen LogP contribution in [0.4, 0.5) is 0 Å².